The van der Waals surface area contributed by atoms with Crippen LogP contribution in [-0.4, -0.2) is 25.1 Å². The normalized spacial score (nSPS) is 12.3. The quantitative estimate of drug-likeness (QED) is 0.794. The summed E-state index contributed by atoms with van der Waals surface area (Å²) >= 11 is 0. The summed E-state index contributed by atoms with van der Waals surface area (Å²) in [7, 11) is 0. The van der Waals surface area contributed by atoms with Crippen LogP contribution in [0.25, 0.3) is 0 Å². The second-order valence-corrected chi connectivity index (χ2v) is 4.86. The van der Waals surface area contributed by atoms with E-state index in [4.69, 9.17) is 4.74 Å². The molecule has 4 nitrogen and oxygen atoms in total. The highest BCUT2D eigenvalue weighted by molar-refractivity contribution is 5.77. The number of carbonyl (C=O) groups is 1. The van der Waals surface area contributed by atoms with E-state index in [1.807, 2.05) is 38.1 Å². The highest BCUT2D eigenvalue weighted by atomic mass is 16.5. The first-order chi connectivity index (χ1) is 9.02. The molecule has 1 aromatic carbocycles. The highest BCUT2D eigenvalue weighted by Crippen LogP contribution is 2.18. The second-order valence-electron chi connectivity index (χ2n) is 4.86. The van der Waals surface area contributed by atoms with Gasteiger partial charge in [-0.25, -0.2) is 0 Å². The Balaban J connectivity index is 2.55. The van der Waals surface area contributed by atoms with Gasteiger partial charge in [-0.15, -0.1) is 0 Å². The largest absolute Gasteiger partial charge is 0.484 e. The Labute approximate surface area is 115 Å². The zero-order chi connectivity index (χ0) is 14.3. The van der Waals surface area contributed by atoms with Gasteiger partial charge in [0, 0.05) is 12.1 Å². The molecule has 0 aliphatic carbocycles. The molecule has 1 unspecified atom stereocenters. The van der Waals surface area contributed by atoms with E-state index in [2.05, 4.69) is 24.5 Å². The summed E-state index contributed by atoms with van der Waals surface area (Å²) in [5.74, 6) is 0.626. The van der Waals surface area contributed by atoms with Crippen molar-refractivity contribution in [1.82, 2.24) is 10.6 Å². The molecule has 0 aliphatic heterocycles. The van der Waals surface area contributed by atoms with Crippen LogP contribution in [0.1, 0.15) is 39.3 Å². The highest BCUT2D eigenvalue weighted by Gasteiger charge is 2.07. The summed E-state index contributed by atoms with van der Waals surface area (Å²) in [6.45, 7) is 9.01. The molecule has 0 saturated heterocycles. The summed E-state index contributed by atoms with van der Waals surface area (Å²) < 4.78 is 5.50. The van der Waals surface area contributed by atoms with Crippen LogP contribution in [0.2, 0.25) is 0 Å². The molecule has 1 rings (SSSR count). The molecule has 0 saturated carbocycles. The van der Waals surface area contributed by atoms with E-state index in [0.717, 1.165) is 17.9 Å². The van der Waals surface area contributed by atoms with Crippen LogP contribution in [0.5, 0.6) is 5.75 Å². The third-order valence-corrected chi connectivity index (χ3v) is 2.69. The number of carbonyl (C=O) groups excluding carboxylic acids is 1. The van der Waals surface area contributed by atoms with Crippen molar-refractivity contribution in [3.05, 3.63) is 29.8 Å². The fraction of sp³-hybridized carbons (Fsp3) is 0.533. The van der Waals surface area contributed by atoms with Crippen LogP contribution in [0.15, 0.2) is 24.3 Å². The van der Waals surface area contributed by atoms with Gasteiger partial charge in [-0.3, -0.25) is 4.79 Å². The molecular weight excluding hydrogens is 240 g/mol. The molecule has 2 N–H and O–H groups in total. The van der Waals surface area contributed by atoms with Crippen LogP contribution >= 0.6 is 0 Å². The van der Waals surface area contributed by atoms with Crippen LogP contribution in [0.4, 0.5) is 0 Å². The number of hydrogen-bond acceptors (Lipinski definition) is 3. The average Bonchev–Trinajstić information content (AvgIpc) is 2.36. The molecule has 0 radical (unpaired) electrons. The molecule has 0 spiro atoms. The lowest BCUT2D eigenvalue weighted by Gasteiger charge is -2.14. The number of ether oxygens (including phenoxy) is 1. The maximum absolute atomic E-state index is 11.5. The van der Waals surface area contributed by atoms with Gasteiger partial charge in [0.15, 0.2) is 6.61 Å². The van der Waals surface area contributed by atoms with Gasteiger partial charge >= 0.3 is 0 Å². The van der Waals surface area contributed by atoms with Crippen LogP contribution in [0, 0.1) is 0 Å². The van der Waals surface area contributed by atoms with Crippen LogP contribution in [-0.2, 0) is 4.79 Å². The first kappa shape index (κ1) is 15.5. The molecule has 0 heterocycles. The van der Waals surface area contributed by atoms with Gasteiger partial charge in [-0.1, -0.05) is 19.1 Å². The zero-order valence-corrected chi connectivity index (χ0v) is 12.2. The molecule has 0 fully saturated rings. The Hall–Kier alpha value is -1.55. The van der Waals surface area contributed by atoms with Gasteiger partial charge in [-0.2, -0.15) is 0 Å². The predicted molar refractivity (Wildman–Crippen MR) is 77.3 cm³/mol. The average molecular weight is 264 g/mol. The monoisotopic (exact) mass is 264 g/mol. The molecule has 1 aromatic rings. The number of nitrogens with one attached hydrogen (secondary N) is 2. The van der Waals surface area contributed by atoms with Crippen molar-refractivity contribution in [2.24, 2.45) is 0 Å². The van der Waals surface area contributed by atoms with Crippen LogP contribution < -0.4 is 15.4 Å². The molecule has 19 heavy (non-hydrogen) atoms. The fourth-order valence-electron chi connectivity index (χ4n) is 1.81. The van der Waals surface area contributed by atoms with Gasteiger partial charge in [-0.05, 0) is 45.0 Å². The van der Waals surface area contributed by atoms with E-state index in [9.17, 15) is 4.79 Å². The lowest BCUT2D eigenvalue weighted by molar-refractivity contribution is -0.123. The third-order valence-electron chi connectivity index (χ3n) is 2.69. The first-order valence-electron chi connectivity index (χ1n) is 6.78. The number of rotatable bonds is 7. The Morgan fingerprint density at radius 2 is 2.05 bits per heavy atom. The van der Waals surface area contributed by atoms with Crippen LogP contribution in [0.3, 0.4) is 0 Å². The van der Waals surface area contributed by atoms with Crippen molar-refractivity contribution in [2.45, 2.75) is 39.8 Å². The Bertz CT molecular complexity index is 405. The summed E-state index contributed by atoms with van der Waals surface area (Å²) in [6.07, 6.45) is 0. The summed E-state index contributed by atoms with van der Waals surface area (Å²) in [5.41, 5.74) is 1.16. The molecule has 0 aromatic heterocycles. The molecule has 1 amide bonds. The number of benzene rings is 1. The standard InChI is InChI=1S/C15H24N2O2/c1-5-16-12(4)13-7-6-8-14(9-13)19-10-15(18)17-11(2)3/h6-9,11-12,16H,5,10H2,1-4H3,(H,17,18). The maximum Gasteiger partial charge on any atom is 0.258 e. The maximum atomic E-state index is 11.5. The Morgan fingerprint density at radius 3 is 2.68 bits per heavy atom. The molecule has 4 heteroatoms. The van der Waals surface area contributed by atoms with E-state index < -0.39 is 0 Å². The minimum absolute atomic E-state index is 0.0528. The summed E-state index contributed by atoms with van der Waals surface area (Å²) in [4.78, 5) is 11.5. The molecule has 0 bridgehead atoms. The molecule has 1 atom stereocenters. The summed E-state index contributed by atoms with van der Waals surface area (Å²) in [6, 6.07) is 8.24. The van der Waals surface area contributed by atoms with Crippen molar-refractivity contribution >= 4 is 5.91 Å². The fourth-order valence-corrected chi connectivity index (χ4v) is 1.81. The first-order valence-corrected chi connectivity index (χ1v) is 6.78. The number of hydrogen-bond donors (Lipinski definition) is 2. The van der Waals surface area contributed by atoms with Crippen molar-refractivity contribution in [1.29, 1.82) is 0 Å². The van der Waals surface area contributed by atoms with E-state index in [1.54, 1.807) is 0 Å². The topological polar surface area (TPSA) is 50.4 Å². The lowest BCUT2D eigenvalue weighted by Crippen LogP contribution is -2.34. The molecule has 106 valence electrons. The van der Waals surface area contributed by atoms with Gasteiger partial charge < -0.3 is 15.4 Å². The zero-order valence-electron chi connectivity index (χ0n) is 12.2. The lowest BCUT2D eigenvalue weighted by atomic mass is 10.1. The van der Waals surface area contributed by atoms with Gasteiger partial charge in [0.1, 0.15) is 5.75 Å². The number of amides is 1. The van der Waals surface area contributed by atoms with Crippen molar-refractivity contribution in [3.8, 4) is 5.75 Å². The summed E-state index contributed by atoms with van der Waals surface area (Å²) in [5, 5.41) is 6.14. The van der Waals surface area contributed by atoms with E-state index in [0.29, 0.717) is 0 Å². The van der Waals surface area contributed by atoms with Crippen molar-refractivity contribution < 1.29 is 9.53 Å². The van der Waals surface area contributed by atoms with Gasteiger partial charge in [0.05, 0.1) is 0 Å². The minimum Gasteiger partial charge on any atom is -0.484 e. The van der Waals surface area contributed by atoms with Crippen molar-refractivity contribution in [3.63, 3.8) is 0 Å². The SMILES string of the molecule is CCNC(C)c1cccc(OCC(=O)NC(C)C)c1. The van der Waals surface area contributed by atoms with Gasteiger partial charge in [0.25, 0.3) is 5.91 Å². The Kier molecular flexibility index (Phi) is 6.36. The van der Waals surface area contributed by atoms with E-state index >= 15 is 0 Å². The van der Waals surface area contributed by atoms with Crippen molar-refractivity contribution in [2.75, 3.05) is 13.2 Å². The minimum atomic E-state index is -0.0971. The molecular formula is C15H24N2O2. The predicted octanol–water partition coefficient (Wildman–Crippen LogP) is 2.26. The van der Waals surface area contributed by atoms with Gasteiger partial charge in [0.2, 0.25) is 0 Å². The Morgan fingerprint density at radius 1 is 1.32 bits per heavy atom. The van der Waals surface area contributed by atoms with E-state index in [-0.39, 0.29) is 24.6 Å². The second kappa shape index (κ2) is 7.79. The van der Waals surface area contributed by atoms with E-state index in [1.165, 1.54) is 0 Å². The molecule has 0 aliphatic rings. The smallest absolute Gasteiger partial charge is 0.258 e. The third kappa shape index (κ3) is 5.75.